The average molecular weight is 238 g/mol. The van der Waals surface area contributed by atoms with E-state index in [1.54, 1.807) is 6.92 Å². The molecule has 4 N–H and O–H groups in total. The summed E-state index contributed by atoms with van der Waals surface area (Å²) in [6, 6.07) is 0. The van der Waals surface area contributed by atoms with Crippen molar-refractivity contribution >= 4 is 16.0 Å². The van der Waals surface area contributed by atoms with Crippen molar-refractivity contribution in [1.82, 2.24) is 9.03 Å². The zero-order chi connectivity index (χ0) is 11.9. The molecule has 0 aromatic heterocycles. The van der Waals surface area contributed by atoms with Gasteiger partial charge in [-0.15, -0.1) is 0 Å². The smallest absolute Gasteiger partial charge is 0.279 e. The van der Waals surface area contributed by atoms with E-state index in [-0.39, 0.29) is 12.4 Å². The molecule has 0 aliphatic heterocycles. The normalized spacial score (nSPS) is 13.4. The van der Waals surface area contributed by atoms with Crippen LogP contribution >= 0.6 is 0 Å². The van der Waals surface area contributed by atoms with Crippen molar-refractivity contribution < 1.29 is 13.6 Å². The SMILES string of the molecule is CCCN(CC(N)=NO)S(=O)(=O)NCC. The van der Waals surface area contributed by atoms with E-state index in [2.05, 4.69) is 9.88 Å². The van der Waals surface area contributed by atoms with E-state index in [1.807, 2.05) is 6.92 Å². The van der Waals surface area contributed by atoms with Crippen LogP contribution in [-0.4, -0.2) is 43.4 Å². The third-order valence-corrected chi connectivity index (χ3v) is 3.25. The Balaban J connectivity index is 4.65. The van der Waals surface area contributed by atoms with Crippen LogP contribution in [0.15, 0.2) is 5.16 Å². The summed E-state index contributed by atoms with van der Waals surface area (Å²) in [5, 5.41) is 11.1. The Bertz CT molecular complexity index is 301. The summed E-state index contributed by atoms with van der Waals surface area (Å²) in [6.07, 6.45) is 0.656. The van der Waals surface area contributed by atoms with Crippen LogP contribution in [0.1, 0.15) is 20.3 Å². The Morgan fingerprint density at radius 2 is 2.13 bits per heavy atom. The summed E-state index contributed by atoms with van der Waals surface area (Å²) < 4.78 is 26.7. The first-order valence-electron chi connectivity index (χ1n) is 4.69. The number of oxime groups is 1. The summed E-state index contributed by atoms with van der Waals surface area (Å²) in [7, 11) is -3.53. The molecule has 0 heterocycles. The maximum atomic E-state index is 11.6. The number of nitrogens with two attached hydrogens (primary N) is 1. The zero-order valence-corrected chi connectivity index (χ0v) is 9.79. The van der Waals surface area contributed by atoms with Crippen LogP contribution in [0.4, 0.5) is 0 Å². The molecule has 0 amide bonds. The maximum Gasteiger partial charge on any atom is 0.279 e. The van der Waals surface area contributed by atoms with Crippen molar-refractivity contribution in [2.24, 2.45) is 10.9 Å². The van der Waals surface area contributed by atoms with Gasteiger partial charge in [-0.1, -0.05) is 19.0 Å². The number of nitrogens with zero attached hydrogens (tertiary/aromatic N) is 2. The number of hydrogen-bond acceptors (Lipinski definition) is 4. The highest BCUT2D eigenvalue weighted by atomic mass is 32.2. The lowest BCUT2D eigenvalue weighted by molar-refractivity contribution is 0.314. The van der Waals surface area contributed by atoms with Gasteiger partial charge in [-0.2, -0.15) is 12.7 Å². The molecule has 0 aromatic carbocycles. The molecule has 7 nitrogen and oxygen atoms in total. The lowest BCUT2D eigenvalue weighted by Gasteiger charge is -2.20. The van der Waals surface area contributed by atoms with Gasteiger partial charge in [-0.25, -0.2) is 4.72 Å². The van der Waals surface area contributed by atoms with Crippen LogP contribution in [0.2, 0.25) is 0 Å². The second-order valence-electron chi connectivity index (χ2n) is 2.93. The maximum absolute atomic E-state index is 11.6. The van der Waals surface area contributed by atoms with E-state index in [1.165, 1.54) is 0 Å². The van der Waals surface area contributed by atoms with Crippen molar-refractivity contribution in [3.05, 3.63) is 0 Å². The molecule has 0 fully saturated rings. The van der Waals surface area contributed by atoms with E-state index in [4.69, 9.17) is 10.9 Å². The lowest BCUT2D eigenvalue weighted by Crippen LogP contribution is -2.45. The molecule has 0 saturated heterocycles. The Hall–Kier alpha value is -0.860. The van der Waals surface area contributed by atoms with Gasteiger partial charge < -0.3 is 10.9 Å². The Morgan fingerprint density at radius 3 is 2.53 bits per heavy atom. The molecule has 0 bridgehead atoms. The largest absolute Gasteiger partial charge is 0.409 e. The molecule has 0 aliphatic rings. The number of amidine groups is 1. The summed E-state index contributed by atoms with van der Waals surface area (Å²) >= 11 is 0. The van der Waals surface area contributed by atoms with E-state index in [9.17, 15) is 8.42 Å². The molecule has 0 rings (SSSR count). The lowest BCUT2D eigenvalue weighted by atomic mass is 10.4. The molecular weight excluding hydrogens is 220 g/mol. The van der Waals surface area contributed by atoms with E-state index in [0.717, 1.165) is 4.31 Å². The third kappa shape index (κ3) is 4.96. The zero-order valence-electron chi connectivity index (χ0n) is 8.97. The molecular formula is C7H18N4O3S. The van der Waals surface area contributed by atoms with Crippen LogP contribution in [0.3, 0.4) is 0 Å². The average Bonchev–Trinajstić information content (AvgIpc) is 2.16. The van der Waals surface area contributed by atoms with Crippen molar-refractivity contribution in [1.29, 1.82) is 0 Å². The highest BCUT2D eigenvalue weighted by Gasteiger charge is 2.20. The Labute approximate surface area is 90.1 Å². The molecule has 8 heteroatoms. The highest BCUT2D eigenvalue weighted by molar-refractivity contribution is 7.87. The van der Waals surface area contributed by atoms with Crippen LogP contribution in [-0.2, 0) is 10.2 Å². The standard InChI is InChI=1S/C7H18N4O3S/c1-3-5-11(6-7(8)10-12)15(13,14)9-4-2/h9,12H,3-6H2,1-2H3,(H2,8,10). The van der Waals surface area contributed by atoms with E-state index < -0.39 is 10.2 Å². The number of rotatable bonds is 7. The predicted molar refractivity (Wildman–Crippen MR) is 57.9 cm³/mol. The van der Waals surface area contributed by atoms with Gasteiger partial charge >= 0.3 is 0 Å². The summed E-state index contributed by atoms with van der Waals surface area (Å²) in [5.41, 5.74) is 5.26. The second-order valence-corrected chi connectivity index (χ2v) is 4.68. The minimum Gasteiger partial charge on any atom is -0.409 e. The van der Waals surface area contributed by atoms with Crippen LogP contribution in [0.25, 0.3) is 0 Å². The molecule has 0 aliphatic carbocycles. The first-order chi connectivity index (χ1) is 6.97. The minimum absolute atomic E-state index is 0.111. The Kier molecular flexibility index (Phi) is 6.21. The summed E-state index contributed by atoms with van der Waals surface area (Å²) in [4.78, 5) is 0. The van der Waals surface area contributed by atoms with Crippen LogP contribution < -0.4 is 10.5 Å². The molecule has 0 unspecified atom stereocenters. The molecule has 0 atom stereocenters. The first-order valence-corrected chi connectivity index (χ1v) is 6.13. The molecule has 90 valence electrons. The first kappa shape index (κ1) is 14.1. The minimum atomic E-state index is -3.53. The highest BCUT2D eigenvalue weighted by Crippen LogP contribution is 1.99. The van der Waals surface area contributed by atoms with Crippen molar-refractivity contribution in [3.63, 3.8) is 0 Å². The Morgan fingerprint density at radius 1 is 1.53 bits per heavy atom. The fourth-order valence-corrected chi connectivity index (χ4v) is 2.29. The van der Waals surface area contributed by atoms with Gasteiger partial charge in [0, 0.05) is 13.1 Å². The van der Waals surface area contributed by atoms with E-state index in [0.29, 0.717) is 19.5 Å². The van der Waals surface area contributed by atoms with Gasteiger partial charge in [0.15, 0.2) is 5.84 Å². The van der Waals surface area contributed by atoms with Gasteiger partial charge in [0.05, 0.1) is 6.54 Å². The van der Waals surface area contributed by atoms with Gasteiger partial charge in [0.1, 0.15) is 0 Å². The van der Waals surface area contributed by atoms with Crippen molar-refractivity contribution in [2.75, 3.05) is 19.6 Å². The topological polar surface area (TPSA) is 108 Å². The molecule has 0 aromatic rings. The fraction of sp³-hybridized carbons (Fsp3) is 0.857. The second kappa shape index (κ2) is 6.59. The summed E-state index contributed by atoms with van der Waals surface area (Å²) in [5.74, 6) is -0.134. The molecule has 15 heavy (non-hydrogen) atoms. The predicted octanol–water partition coefficient (Wildman–Crippen LogP) is -0.701. The van der Waals surface area contributed by atoms with Crippen LogP contribution in [0.5, 0.6) is 0 Å². The van der Waals surface area contributed by atoms with Crippen molar-refractivity contribution in [2.45, 2.75) is 20.3 Å². The van der Waals surface area contributed by atoms with Gasteiger partial charge in [-0.05, 0) is 6.42 Å². The number of nitrogens with one attached hydrogen (secondary N) is 1. The molecule has 0 saturated carbocycles. The van der Waals surface area contributed by atoms with Gasteiger partial charge in [-0.3, -0.25) is 0 Å². The van der Waals surface area contributed by atoms with Gasteiger partial charge in [0.25, 0.3) is 10.2 Å². The number of hydrogen-bond donors (Lipinski definition) is 3. The van der Waals surface area contributed by atoms with Crippen molar-refractivity contribution in [3.8, 4) is 0 Å². The van der Waals surface area contributed by atoms with Crippen LogP contribution in [0, 0.1) is 0 Å². The fourth-order valence-electron chi connectivity index (χ4n) is 1.02. The third-order valence-electron chi connectivity index (χ3n) is 1.61. The van der Waals surface area contributed by atoms with E-state index >= 15 is 0 Å². The molecule has 0 spiro atoms. The quantitative estimate of drug-likeness (QED) is 0.236. The van der Waals surface area contributed by atoms with Gasteiger partial charge in [0.2, 0.25) is 0 Å². The summed E-state index contributed by atoms with van der Waals surface area (Å²) in [6.45, 7) is 4.05. The monoisotopic (exact) mass is 238 g/mol. The molecule has 0 radical (unpaired) electrons.